The van der Waals surface area contributed by atoms with Crippen LogP contribution in [0.2, 0.25) is 0 Å². The monoisotopic (exact) mass is 384 g/mol. The van der Waals surface area contributed by atoms with Crippen LogP contribution in [0, 0.1) is 6.07 Å². The highest BCUT2D eigenvalue weighted by molar-refractivity contribution is 7.90. The van der Waals surface area contributed by atoms with E-state index in [4.69, 9.17) is 4.74 Å². The standard InChI is InChI=1S/C18H17F3NO3S/c1-26(23,24)17-7-3-6-15(9-17)25-16-11-22(12-16)10-13-4-2-5-14(8-13)18(19,20)21/h2-5,7-9,16H,10-12H2,1H3. The molecule has 0 atom stereocenters. The van der Waals surface area contributed by atoms with Gasteiger partial charge in [0.15, 0.2) is 9.84 Å². The van der Waals surface area contributed by atoms with E-state index in [2.05, 4.69) is 6.07 Å². The fraction of sp³-hybridized carbons (Fsp3) is 0.333. The van der Waals surface area contributed by atoms with Gasteiger partial charge in [0.1, 0.15) is 11.9 Å². The molecule has 1 heterocycles. The minimum Gasteiger partial charge on any atom is -0.487 e. The first-order valence-electron chi connectivity index (χ1n) is 7.88. The Hall–Kier alpha value is -2.06. The minimum atomic E-state index is -4.35. The van der Waals surface area contributed by atoms with Crippen molar-refractivity contribution in [2.24, 2.45) is 0 Å². The van der Waals surface area contributed by atoms with Crippen molar-refractivity contribution in [3.8, 4) is 5.75 Å². The average Bonchev–Trinajstić information content (AvgIpc) is 2.52. The second kappa shape index (κ2) is 6.92. The van der Waals surface area contributed by atoms with Crippen LogP contribution < -0.4 is 4.74 Å². The van der Waals surface area contributed by atoms with Crippen LogP contribution in [0.15, 0.2) is 47.4 Å². The Kier molecular flexibility index (Phi) is 4.98. The lowest BCUT2D eigenvalue weighted by Crippen LogP contribution is -2.53. The molecule has 0 spiro atoms. The molecule has 26 heavy (non-hydrogen) atoms. The second-order valence-electron chi connectivity index (χ2n) is 6.29. The van der Waals surface area contributed by atoms with Gasteiger partial charge in [-0.2, -0.15) is 13.2 Å². The van der Waals surface area contributed by atoms with Gasteiger partial charge in [0.25, 0.3) is 0 Å². The molecule has 139 valence electrons. The van der Waals surface area contributed by atoms with Crippen LogP contribution in [-0.2, 0) is 22.6 Å². The highest BCUT2D eigenvalue weighted by atomic mass is 32.2. The molecule has 1 radical (unpaired) electrons. The predicted molar refractivity (Wildman–Crippen MR) is 89.5 cm³/mol. The summed E-state index contributed by atoms with van der Waals surface area (Å²) < 4.78 is 67.0. The van der Waals surface area contributed by atoms with Crippen LogP contribution >= 0.6 is 0 Å². The number of rotatable bonds is 5. The zero-order valence-corrected chi connectivity index (χ0v) is 14.8. The van der Waals surface area contributed by atoms with Gasteiger partial charge < -0.3 is 4.74 Å². The van der Waals surface area contributed by atoms with Crippen molar-refractivity contribution in [3.63, 3.8) is 0 Å². The third-order valence-electron chi connectivity index (χ3n) is 4.05. The lowest BCUT2D eigenvalue weighted by molar-refractivity contribution is -0.137. The summed E-state index contributed by atoms with van der Waals surface area (Å²) in [5, 5.41) is 0. The van der Waals surface area contributed by atoms with E-state index in [9.17, 15) is 21.6 Å². The van der Waals surface area contributed by atoms with Crippen molar-refractivity contribution in [1.29, 1.82) is 0 Å². The number of sulfone groups is 1. The zero-order valence-electron chi connectivity index (χ0n) is 14.0. The number of hydrogen-bond acceptors (Lipinski definition) is 4. The van der Waals surface area contributed by atoms with Gasteiger partial charge in [-0.1, -0.05) is 18.2 Å². The van der Waals surface area contributed by atoms with Crippen molar-refractivity contribution >= 4 is 9.84 Å². The Balaban J connectivity index is 1.55. The van der Waals surface area contributed by atoms with E-state index in [1.807, 2.05) is 4.90 Å². The van der Waals surface area contributed by atoms with E-state index < -0.39 is 21.6 Å². The van der Waals surface area contributed by atoms with Gasteiger partial charge in [-0.05, 0) is 29.8 Å². The van der Waals surface area contributed by atoms with Gasteiger partial charge in [-0.15, -0.1) is 0 Å². The molecule has 0 N–H and O–H groups in total. The molecule has 3 rings (SSSR count). The van der Waals surface area contributed by atoms with E-state index in [-0.39, 0.29) is 11.0 Å². The van der Waals surface area contributed by atoms with Crippen molar-refractivity contribution in [2.75, 3.05) is 19.3 Å². The molecule has 0 aliphatic carbocycles. The van der Waals surface area contributed by atoms with E-state index in [1.165, 1.54) is 24.3 Å². The summed E-state index contributed by atoms with van der Waals surface area (Å²) in [6, 6.07) is 12.5. The maximum Gasteiger partial charge on any atom is 0.416 e. The smallest absolute Gasteiger partial charge is 0.416 e. The van der Waals surface area contributed by atoms with Crippen molar-refractivity contribution < 1.29 is 26.3 Å². The summed E-state index contributed by atoms with van der Waals surface area (Å²) >= 11 is 0. The zero-order chi connectivity index (χ0) is 18.9. The first-order valence-corrected chi connectivity index (χ1v) is 9.77. The van der Waals surface area contributed by atoms with E-state index in [0.717, 1.165) is 18.4 Å². The molecule has 4 nitrogen and oxygen atoms in total. The number of nitrogens with zero attached hydrogens (tertiary/aromatic N) is 1. The summed E-state index contributed by atoms with van der Waals surface area (Å²) in [5.41, 5.74) is -0.0700. The Morgan fingerprint density at radius 3 is 2.62 bits per heavy atom. The molecular formula is C18H17F3NO3S. The van der Waals surface area contributed by atoms with Crippen LogP contribution in [0.1, 0.15) is 11.1 Å². The molecule has 0 saturated carbocycles. The van der Waals surface area contributed by atoms with E-state index >= 15 is 0 Å². The Labute approximate surface area is 150 Å². The molecule has 0 bridgehead atoms. The Morgan fingerprint density at radius 2 is 1.96 bits per heavy atom. The molecule has 1 aliphatic heterocycles. The second-order valence-corrected chi connectivity index (χ2v) is 8.31. The van der Waals surface area contributed by atoms with Crippen LogP contribution in [-0.4, -0.2) is 38.8 Å². The molecule has 1 aliphatic rings. The molecule has 8 heteroatoms. The number of likely N-dealkylation sites (tertiary alicyclic amines) is 1. The minimum absolute atomic E-state index is 0.146. The van der Waals surface area contributed by atoms with Gasteiger partial charge in [0, 0.05) is 32.0 Å². The Morgan fingerprint density at radius 1 is 1.23 bits per heavy atom. The summed E-state index contributed by atoms with van der Waals surface area (Å²) in [7, 11) is -3.32. The van der Waals surface area contributed by atoms with Crippen molar-refractivity contribution in [2.45, 2.75) is 23.7 Å². The third kappa shape index (κ3) is 4.56. The topological polar surface area (TPSA) is 46.6 Å². The van der Waals surface area contributed by atoms with Gasteiger partial charge in [0.05, 0.1) is 10.5 Å². The molecule has 1 saturated heterocycles. The number of hydrogen-bond donors (Lipinski definition) is 0. The number of benzene rings is 2. The normalized spacial score (nSPS) is 16.3. The summed E-state index contributed by atoms with van der Waals surface area (Å²) in [5.74, 6) is 0.344. The highest BCUT2D eigenvalue weighted by Gasteiger charge is 2.32. The first kappa shape index (κ1) is 18.7. The number of halogens is 3. The SMILES string of the molecule is CS(=O)(=O)c1cc[c]c(OC2CN(Cc3cccc(C(F)(F)F)c3)C2)c1. The molecular weight excluding hydrogens is 367 g/mol. The quantitative estimate of drug-likeness (QED) is 0.795. The van der Waals surface area contributed by atoms with E-state index in [1.54, 1.807) is 6.07 Å². The predicted octanol–water partition coefficient (Wildman–Crippen LogP) is 3.17. The van der Waals surface area contributed by atoms with E-state index in [0.29, 0.717) is 30.9 Å². The van der Waals surface area contributed by atoms with Crippen molar-refractivity contribution in [3.05, 3.63) is 59.7 Å². The Bertz CT molecular complexity index is 891. The largest absolute Gasteiger partial charge is 0.487 e. The fourth-order valence-electron chi connectivity index (χ4n) is 2.73. The molecule has 2 aromatic rings. The molecule has 0 aromatic heterocycles. The van der Waals surface area contributed by atoms with Gasteiger partial charge in [0.2, 0.25) is 0 Å². The number of alkyl halides is 3. The average molecular weight is 384 g/mol. The lowest BCUT2D eigenvalue weighted by atomic mass is 10.1. The van der Waals surface area contributed by atoms with Crippen LogP contribution in [0.25, 0.3) is 0 Å². The van der Waals surface area contributed by atoms with Gasteiger partial charge in [-0.3, -0.25) is 4.90 Å². The summed E-state index contributed by atoms with van der Waals surface area (Å²) in [6.45, 7) is 1.50. The van der Waals surface area contributed by atoms with Gasteiger partial charge in [-0.25, -0.2) is 8.42 Å². The van der Waals surface area contributed by atoms with Crippen molar-refractivity contribution in [1.82, 2.24) is 4.90 Å². The van der Waals surface area contributed by atoms with Crippen LogP contribution in [0.4, 0.5) is 13.2 Å². The maximum absolute atomic E-state index is 12.7. The van der Waals surface area contributed by atoms with Crippen LogP contribution in [0.5, 0.6) is 5.75 Å². The van der Waals surface area contributed by atoms with Gasteiger partial charge >= 0.3 is 6.18 Å². The fourth-order valence-corrected chi connectivity index (χ4v) is 3.37. The molecule has 2 aromatic carbocycles. The lowest BCUT2D eigenvalue weighted by Gasteiger charge is -2.39. The molecule has 1 fully saturated rings. The van der Waals surface area contributed by atoms with Crippen LogP contribution in [0.3, 0.4) is 0 Å². The molecule has 0 amide bonds. The number of ether oxygens (including phenoxy) is 1. The molecule has 0 unspecified atom stereocenters. The first-order chi connectivity index (χ1) is 12.1. The summed E-state index contributed by atoms with van der Waals surface area (Å²) in [4.78, 5) is 2.12. The maximum atomic E-state index is 12.7. The third-order valence-corrected chi connectivity index (χ3v) is 5.16. The summed E-state index contributed by atoms with van der Waals surface area (Å²) in [6.07, 6.45) is -3.38. The highest BCUT2D eigenvalue weighted by Crippen LogP contribution is 2.30.